The van der Waals surface area contributed by atoms with E-state index in [0.29, 0.717) is 13.1 Å². The highest BCUT2D eigenvalue weighted by Crippen LogP contribution is 2.14. The third kappa shape index (κ3) is 13.2. The van der Waals surface area contributed by atoms with Gasteiger partial charge in [0.1, 0.15) is 6.54 Å². The number of aliphatic hydroxyl groups is 2. The van der Waals surface area contributed by atoms with Gasteiger partial charge in [0.05, 0.1) is 13.1 Å². The molecule has 0 spiro atoms. The predicted octanol–water partition coefficient (Wildman–Crippen LogP) is 3.80. The Hall–Kier alpha value is -0.160. The van der Waals surface area contributed by atoms with E-state index in [1.165, 1.54) is 38.5 Å². The predicted molar refractivity (Wildman–Crippen MR) is 88.5 cm³/mol. The number of nitrogens with zero attached hydrogens (tertiary/aromatic N) is 1. The summed E-state index contributed by atoms with van der Waals surface area (Å²) in [4.78, 5) is 0. The first-order valence-corrected chi connectivity index (χ1v) is 8.83. The molecule has 0 amide bonds. The van der Waals surface area contributed by atoms with Crippen molar-refractivity contribution in [3.63, 3.8) is 0 Å². The zero-order valence-electron chi connectivity index (χ0n) is 14.4. The molecular weight excluding hydrogens is 266 g/mol. The van der Waals surface area contributed by atoms with Gasteiger partial charge in [0.15, 0.2) is 0 Å². The summed E-state index contributed by atoms with van der Waals surface area (Å²) >= 11 is 0. The molecule has 0 aliphatic heterocycles. The second-order valence-electron chi connectivity index (χ2n) is 6.83. The number of hydrogen-bond acceptors (Lipinski definition) is 3. The molecule has 0 saturated carbocycles. The fourth-order valence-electron chi connectivity index (χ4n) is 2.84. The molecule has 0 aromatic carbocycles. The van der Waals surface area contributed by atoms with Gasteiger partial charge in [-0.25, -0.2) is 0 Å². The minimum Gasteiger partial charge on any atom is -0.633 e. The maximum absolute atomic E-state index is 12.4. The quantitative estimate of drug-likeness (QED) is 0.222. The van der Waals surface area contributed by atoms with Crippen LogP contribution < -0.4 is 0 Å². The van der Waals surface area contributed by atoms with Crippen molar-refractivity contribution in [1.82, 2.24) is 0 Å². The molecule has 0 heterocycles. The summed E-state index contributed by atoms with van der Waals surface area (Å²) in [7, 11) is 0. The summed E-state index contributed by atoms with van der Waals surface area (Å²) in [6.45, 7) is 7.40. The Morgan fingerprint density at radius 1 is 0.857 bits per heavy atom. The van der Waals surface area contributed by atoms with Crippen molar-refractivity contribution >= 4 is 0 Å². The Kier molecular flexibility index (Phi) is 12.3. The molecule has 0 aliphatic rings. The zero-order valence-corrected chi connectivity index (χ0v) is 14.4. The van der Waals surface area contributed by atoms with E-state index in [9.17, 15) is 5.21 Å². The Morgan fingerprint density at radius 3 is 1.86 bits per heavy atom. The van der Waals surface area contributed by atoms with Crippen molar-refractivity contribution in [2.45, 2.75) is 84.8 Å². The lowest BCUT2D eigenvalue weighted by Crippen LogP contribution is -2.48. The van der Waals surface area contributed by atoms with E-state index in [1.54, 1.807) is 0 Å². The number of aliphatic hydroxyl groups excluding tert-OH is 1. The van der Waals surface area contributed by atoms with Crippen LogP contribution in [0.2, 0.25) is 0 Å². The normalized spacial score (nSPS) is 14.9. The lowest BCUT2D eigenvalue weighted by Gasteiger charge is -2.43. The smallest absolute Gasteiger partial charge is 0.202 e. The highest BCUT2D eigenvalue weighted by Gasteiger charge is 2.18. The van der Waals surface area contributed by atoms with Gasteiger partial charge in [0, 0.05) is 0 Å². The number of hydrogen-bond donors (Lipinski definition) is 2. The third-order valence-corrected chi connectivity index (χ3v) is 3.97. The van der Waals surface area contributed by atoms with E-state index in [2.05, 4.69) is 13.8 Å². The Balaban J connectivity index is 3.58. The molecule has 1 atom stereocenters. The van der Waals surface area contributed by atoms with E-state index in [1.807, 2.05) is 6.92 Å². The summed E-state index contributed by atoms with van der Waals surface area (Å²) < 4.78 is -0.456. The van der Waals surface area contributed by atoms with Crippen molar-refractivity contribution in [1.29, 1.82) is 0 Å². The molecule has 128 valence electrons. The van der Waals surface area contributed by atoms with Gasteiger partial charge in [-0.3, -0.25) is 0 Å². The fourth-order valence-corrected chi connectivity index (χ4v) is 2.84. The largest absolute Gasteiger partial charge is 0.633 e. The minimum atomic E-state index is -1.49. The zero-order chi connectivity index (χ0) is 16.1. The second kappa shape index (κ2) is 12.4. The highest BCUT2D eigenvalue weighted by molar-refractivity contribution is 4.51. The monoisotopic (exact) mass is 303 g/mol. The van der Waals surface area contributed by atoms with Gasteiger partial charge >= 0.3 is 0 Å². The molecule has 0 aliphatic carbocycles. The van der Waals surface area contributed by atoms with E-state index in [0.717, 1.165) is 25.2 Å². The number of hydroxylamine groups is 3. The lowest BCUT2D eigenvalue weighted by molar-refractivity contribution is -0.886. The molecule has 4 heteroatoms. The first-order chi connectivity index (χ1) is 9.89. The average molecular weight is 303 g/mol. The van der Waals surface area contributed by atoms with E-state index >= 15 is 0 Å². The SMILES string of the molecule is CCC[N+]([O-])(CCCCCCCCCC(C)C)CC(O)O. The molecule has 0 fully saturated rings. The summed E-state index contributed by atoms with van der Waals surface area (Å²) in [6, 6.07) is 0. The van der Waals surface area contributed by atoms with Crippen LogP contribution in [-0.2, 0) is 0 Å². The van der Waals surface area contributed by atoms with Crippen LogP contribution in [-0.4, -0.2) is 40.8 Å². The lowest BCUT2D eigenvalue weighted by atomic mass is 10.0. The van der Waals surface area contributed by atoms with Gasteiger partial charge in [-0.2, -0.15) is 0 Å². The van der Waals surface area contributed by atoms with Gasteiger partial charge in [-0.1, -0.05) is 59.3 Å². The summed E-state index contributed by atoms with van der Waals surface area (Å²) in [6.07, 6.45) is 9.00. The Labute approximate surface area is 131 Å². The van der Waals surface area contributed by atoms with Crippen molar-refractivity contribution < 1.29 is 14.9 Å². The molecule has 0 rings (SSSR count). The van der Waals surface area contributed by atoms with Crippen LogP contribution in [0.4, 0.5) is 0 Å². The Morgan fingerprint density at radius 2 is 1.38 bits per heavy atom. The van der Waals surface area contributed by atoms with Crippen LogP contribution >= 0.6 is 0 Å². The first-order valence-electron chi connectivity index (χ1n) is 8.83. The van der Waals surface area contributed by atoms with Gasteiger partial charge in [0.25, 0.3) is 0 Å². The maximum Gasteiger partial charge on any atom is 0.202 e. The number of rotatable bonds is 14. The standard InChI is InChI=1S/C17H37NO3/c1-4-13-18(21,15-17(19)20)14-11-9-7-5-6-8-10-12-16(2)3/h16-17,19-20H,4-15H2,1-3H3. The topological polar surface area (TPSA) is 63.5 Å². The van der Waals surface area contributed by atoms with Crippen LogP contribution in [0.15, 0.2) is 0 Å². The fraction of sp³-hybridized carbons (Fsp3) is 1.00. The highest BCUT2D eigenvalue weighted by atomic mass is 16.6. The van der Waals surface area contributed by atoms with E-state index in [4.69, 9.17) is 10.2 Å². The van der Waals surface area contributed by atoms with Crippen molar-refractivity contribution in [2.75, 3.05) is 19.6 Å². The molecule has 1 unspecified atom stereocenters. The van der Waals surface area contributed by atoms with Gasteiger partial charge < -0.3 is 20.1 Å². The molecule has 0 saturated heterocycles. The van der Waals surface area contributed by atoms with Crippen LogP contribution in [0.1, 0.15) is 78.6 Å². The summed E-state index contributed by atoms with van der Waals surface area (Å²) in [5.41, 5.74) is 0. The third-order valence-electron chi connectivity index (χ3n) is 3.97. The van der Waals surface area contributed by atoms with Gasteiger partial charge in [-0.15, -0.1) is 0 Å². The van der Waals surface area contributed by atoms with Gasteiger partial charge in [-0.05, 0) is 25.2 Å². The molecular formula is C17H37NO3. The molecule has 21 heavy (non-hydrogen) atoms. The summed E-state index contributed by atoms with van der Waals surface area (Å²) in [5.74, 6) is 0.813. The Bertz CT molecular complexity index is 234. The van der Waals surface area contributed by atoms with Gasteiger partial charge in [0.2, 0.25) is 6.29 Å². The van der Waals surface area contributed by atoms with Crippen LogP contribution in [0.3, 0.4) is 0 Å². The molecule has 0 aromatic heterocycles. The van der Waals surface area contributed by atoms with Crippen LogP contribution in [0, 0.1) is 11.1 Å². The number of quaternary nitrogens is 1. The van der Waals surface area contributed by atoms with Crippen molar-refractivity contribution in [2.24, 2.45) is 5.92 Å². The van der Waals surface area contributed by atoms with Crippen molar-refractivity contribution in [3.8, 4) is 0 Å². The van der Waals surface area contributed by atoms with Crippen LogP contribution in [0.5, 0.6) is 0 Å². The first kappa shape index (κ1) is 20.8. The summed E-state index contributed by atoms with van der Waals surface area (Å²) in [5, 5.41) is 30.4. The van der Waals surface area contributed by atoms with Crippen molar-refractivity contribution in [3.05, 3.63) is 5.21 Å². The molecule has 0 aromatic rings. The molecule has 0 radical (unpaired) electrons. The number of unbranched alkanes of at least 4 members (excludes halogenated alkanes) is 6. The van der Waals surface area contributed by atoms with E-state index < -0.39 is 10.9 Å². The average Bonchev–Trinajstić information content (AvgIpc) is 2.35. The van der Waals surface area contributed by atoms with E-state index in [-0.39, 0.29) is 6.54 Å². The molecule has 4 nitrogen and oxygen atoms in total. The molecule has 2 N–H and O–H groups in total. The minimum absolute atomic E-state index is 0.0942. The van der Waals surface area contributed by atoms with Crippen LogP contribution in [0.25, 0.3) is 0 Å². The molecule has 0 bridgehead atoms. The second-order valence-corrected chi connectivity index (χ2v) is 6.83. The maximum atomic E-state index is 12.4.